The zero-order chi connectivity index (χ0) is 13.0. The summed E-state index contributed by atoms with van der Waals surface area (Å²) >= 11 is 9.41. The Morgan fingerprint density at radius 3 is 2.79 bits per heavy atom. The van der Waals surface area contributed by atoms with Gasteiger partial charge in [0.1, 0.15) is 10.4 Å². The Morgan fingerprint density at radius 2 is 2.00 bits per heavy atom. The minimum Gasteiger partial charge on any atom is -0.252 e. The number of hydrogen-bond acceptors (Lipinski definition) is 5. The molecule has 1 aromatic carbocycles. The summed E-state index contributed by atoms with van der Waals surface area (Å²) in [5.41, 5.74) is 1.22. The molecule has 1 aromatic heterocycles. The average molecular weight is 309 g/mol. The molecule has 0 radical (unpaired) electrons. The van der Waals surface area contributed by atoms with Crippen LogP contribution >= 0.6 is 35.1 Å². The van der Waals surface area contributed by atoms with Gasteiger partial charge < -0.3 is 0 Å². The van der Waals surface area contributed by atoms with Crippen molar-refractivity contribution in [2.45, 2.75) is 17.5 Å². The van der Waals surface area contributed by atoms with E-state index in [0.29, 0.717) is 0 Å². The quantitative estimate of drug-likeness (QED) is 0.805. The highest BCUT2D eigenvalue weighted by Crippen LogP contribution is 2.51. The lowest BCUT2D eigenvalue weighted by atomic mass is 10.2. The zero-order valence-corrected chi connectivity index (χ0v) is 12.3. The van der Waals surface area contributed by atoms with E-state index >= 15 is 0 Å². The molecule has 0 bridgehead atoms. The first-order valence-electron chi connectivity index (χ1n) is 5.74. The van der Waals surface area contributed by atoms with Gasteiger partial charge in [0.15, 0.2) is 5.82 Å². The summed E-state index contributed by atoms with van der Waals surface area (Å²) in [4.78, 5) is 0. The molecular weight excluding hydrogens is 300 g/mol. The van der Waals surface area contributed by atoms with E-state index < -0.39 is 0 Å². The molecule has 0 fully saturated rings. The van der Waals surface area contributed by atoms with Crippen LogP contribution in [0.5, 0.6) is 0 Å². The third-order valence-electron chi connectivity index (χ3n) is 3.08. The molecule has 4 nitrogen and oxygen atoms in total. The van der Waals surface area contributed by atoms with Crippen LogP contribution in [0.15, 0.2) is 39.9 Å². The molecular formula is C12H9ClN4S2. The van der Waals surface area contributed by atoms with Crippen LogP contribution in [0.25, 0.3) is 0 Å². The molecule has 3 heterocycles. The molecule has 19 heavy (non-hydrogen) atoms. The smallest absolute Gasteiger partial charge is 0.216 e. The summed E-state index contributed by atoms with van der Waals surface area (Å²) in [7, 11) is 0. The molecule has 0 N–H and O–H groups in total. The number of thioether (sulfide) groups is 2. The molecule has 0 saturated heterocycles. The van der Waals surface area contributed by atoms with Gasteiger partial charge in [0.25, 0.3) is 0 Å². The van der Waals surface area contributed by atoms with E-state index in [4.69, 9.17) is 11.6 Å². The van der Waals surface area contributed by atoms with Crippen LogP contribution in [0.3, 0.4) is 0 Å². The lowest BCUT2D eigenvalue weighted by Crippen LogP contribution is -2.29. The van der Waals surface area contributed by atoms with E-state index in [-0.39, 0.29) is 5.37 Å². The van der Waals surface area contributed by atoms with E-state index in [1.165, 1.54) is 10.6 Å². The highest BCUT2D eigenvalue weighted by atomic mass is 35.5. The Balaban J connectivity index is 1.77. The number of rotatable bonds is 1. The second-order valence-electron chi connectivity index (χ2n) is 4.28. The van der Waals surface area contributed by atoms with Gasteiger partial charge in [-0.15, -0.1) is 10.2 Å². The predicted molar refractivity (Wildman–Crippen MR) is 78.7 cm³/mol. The minimum absolute atomic E-state index is 0.218. The standard InChI is InChI=1S/C12H9ClN4S2/c1-7-14-15-12-16(7)17-10(19-12)6-18-11(17)8-2-4-9(13)5-3-8/h2-6,11H,1H3. The van der Waals surface area contributed by atoms with Gasteiger partial charge in [-0.1, -0.05) is 35.5 Å². The molecule has 4 rings (SSSR count). The fraction of sp³-hybridized carbons (Fsp3) is 0.167. The van der Waals surface area contributed by atoms with Crippen molar-refractivity contribution < 1.29 is 0 Å². The first-order valence-corrected chi connectivity index (χ1v) is 7.88. The minimum atomic E-state index is 0.218. The molecule has 0 aliphatic carbocycles. The number of nitrogens with zero attached hydrogens (tertiary/aromatic N) is 4. The van der Waals surface area contributed by atoms with Crippen molar-refractivity contribution in [3.05, 3.63) is 51.1 Å². The maximum absolute atomic E-state index is 5.96. The summed E-state index contributed by atoms with van der Waals surface area (Å²) in [6.07, 6.45) is 0. The number of fused-ring (bicyclic) bond motifs is 3. The molecule has 0 amide bonds. The first kappa shape index (κ1) is 11.7. The molecule has 96 valence electrons. The summed E-state index contributed by atoms with van der Waals surface area (Å²) in [5, 5.41) is 15.9. The fourth-order valence-electron chi connectivity index (χ4n) is 2.21. The number of hydrogen-bond donors (Lipinski definition) is 0. The molecule has 2 aromatic rings. The fourth-order valence-corrected chi connectivity index (χ4v) is 4.61. The second kappa shape index (κ2) is 4.19. The van der Waals surface area contributed by atoms with E-state index in [2.05, 4.69) is 37.4 Å². The van der Waals surface area contributed by atoms with E-state index in [1.54, 1.807) is 23.5 Å². The Hall–Kier alpha value is -1.11. The number of aromatic nitrogens is 3. The van der Waals surface area contributed by atoms with Gasteiger partial charge in [-0.05, 0) is 36.4 Å². The molecule has 2 aliphatic heterocycles. The van der Waals surface area contributed by atoms with Gasteiger partial charge in [-0.25, -0.2) is 4.68 Å². The van der Waals surface area contributed by atoms with Gasteiger partial charge >= 0.3 is 0 Å². The van der Waals surface area contributed by atoms with Crippen molar-refractivity contribution >= 4 is 35.1 Å². The van der Waals surface area contributed by atoms with Crippen LogP contribution in [0.2, 0.25) is 5.02 Å². The van der Waals surface area contributed by atoms with Crippen molar-refractivity contribution in [2.24, 2.45) is 0 Å². The van der Waals surface area contributed by atoms with Crippen molar-refractivity contribution in [3.8, 4) is 0 Å². The average Bonchev–Trinajstić information content (AvgIpc) is 3.03. The maximum atomic E-state index is 5.96. The van der Waals surface area contributed by atoms with Crippen molar-refractivity contribution in [1.29, 1.82) is 0 Å². The lowest BCUT2D eigenvalue weighted by molar-refractivity contribution is 0.618. The highest BCUT2D eigenvalue weighted by Gasteiger charge is 2.38. The Bertz CT molecular complexity index is 680. The van der Waals surface area contributed by atoms with Crippen LogP contribution in [-0.2, 0) is 0 Å². The normalized spacial score (nSPS) is 20.4. The van der Waals surface area contributed by atoms with Gasteiger partial charge in [0.2, 0.25) is 5.16 Å². The van der Waals surface area contributed by atoms with Crippen LogP contribution in [0.4, 0.5) is 0 Å². The summed E-state index contributed by atoms with van der Waals surface area (Å²) in [6, 6.07) is 8.00. The SMILES string of the molecule is Cc1nnc2n1N1C(=CSC1c1ccc(Cl)cc1)S2. The van der Waals surface area contributed by atoms with Crippen LogP contribution in [0, 0.1) is 6.92 Å². The van der Waals surface area contributed by atoms with Gasteiger partial charge in [0.05, 0.1) is 0 Å². The molecule has 7 heteroatoms. The molecule has 1 atom stereocenters. The Morgan fingerprint density at radius 1 is 1.21 bits per heavy atom. The largest absolute Gasteiger partial charge is 0.252 e. The number of aryl methyl sites for hydroxylation is 1. The predicted octanol–water partition coefficient (Wildman–Crippen LogP) is 3.53. The van der Waals surface area contributed by atoms with Crippen LogP contribution in [0.1, 0.15) is 16.8 Å². The molecule has 1 unspecified atom stereocenters. The van der Waals surface area contributed by atoms with E-state index in [9.17, 15) is 0 Å². The third-order valence-corrected chi connectivity index (χ3v) is 5.52. The van der Waals surface area contributed by atoms with Crippen LogP contribution in [-0.4, -0.2) is 14.9 Å². The second-order valence-corrected chi connectivity index (χ2v) is 6.66. The van der Waals surface area contributed by atoms with E-state index in [0.717, 1.165) is 16.0 Å². The summed E-state index contributed by atoms with van der Waals surface area (Å²) in [5.74, 6) is 0.910. The Kier molecular flexibility index (Phi) is 2.58. The van der Waals surface area contributed by atoms with Crippen molar-refractivity contribution in [3.63, 3.8) is 0 Å². The van der Waals surface area contributed by atoms with Gasteiger partial charge in [-0.3, -0.25) is 5.01 Å². The van der Waals surface area contributed by atoms with E-state index in [1.807, 2.05) is 19.1 Å². The summed E-state index contributed by atoms with van der Waals surface area (Å²) in [6.45, 7) is 1.97. The molecule has 2 aliphatic rings. The van der Waals surface area contributed by atoms with Crippen molar-refractivity contribution in [2.75, 3.05) is 5.01 Å². The summed E-state index contributed by atoms with van der Waals surface area (Å²) < 4.78 is 2.08. The molecule has 0 spiro atoms. The maximum Gasteiger partial charge on any atom is 0.216 e. The lowest BCUT2D eigenvalue weighted by Gasteiger charge is -2.25. The topological polar surface area (TPSA) is 34.0 Å². The third kappa shape index (κ3) is 1.70. The Labute approximate surface area is 123 Å². The number of halogens is 1. The monoisotopic (exact) mass is 308 g/mol. The first-order chi connectivity index (χ1) is 9.24. The van der Waals surface area contributed by atoms with Crippen molar-refractivity contribution in [1.82, 2.24) is 14.9 Å². The van der Waals surface area contributed by atoms with Gasteiger partial charge in [-0.2, -0.15) is 0 Å². The molecule has 0 saturated carbocycles. The zero-order valence-electron chi connectivity index (χ0n) is 9.95. The number of benzene rings is 1. The van der Waals surface area contributed by atoms with Crippen LogP contribution < -0.4 is 5.01 Å². The highest BCUT2D eigenvalue weighted by molar-refractivity contribution is 8.07. The van der Waals surface area contributed by atoms with Gasteiger partial charge in [0, 0.05) is 10.4 Å².